The molecule has 3 nitrogen and oxygen atoms in total. The second-order valence-corrected chi connectivity index (χ2v) is 7.98. The molecule has 0 unspecified atom stereocenters. The van der Waals surface area contributed by atoms with Crippen LogP contribution in [0.4, 0.5) is 0 Å². The first kappa shape index (κ1) is 17.3. The first-order chi connectivity index (χ1) is 12.6. The van der Waals surface area contributed by atoms with Gasteiger partial charge in [0, 0.05) is 16.3 Å². The van der Waals surface area contributed by atoms with Crippen LogP contribution < -0.4 is 4.74 Å². The molecule has 0 aliphatic heterocycles. The van der Waals surface area contributed by atoms with Crippen molar-refractivity contribution in [2.24, 2.45) is 11.8 Å². The maximum Gasteiger partial charge on any atom is 0.169 e. The largest absolute Gasteiger partial charge is 0.511 e. The second-order valence-electron chi connectivity index (χ2n) is 7.06. The number of hydrogen-bond donors (Lipinski definition) is 1. The molecule has 2 bridgehead atoms. The number of carbonyl (C=O) groups excluding carboxylic acids is 1. The van der Waals surface area contributed by atoms with Gasteiger partial charge < -0.3 is 9.84 Å². The fourth-order valence-electron chi connectivity index (χ4n) is 4.10. The van der Waals surface area contributed by atoms with Crippen molar-refractivity contribution in [2.75, 3.05) is 0 Å². The molecule has 2 aliphatic rings. The topological polar surface area (TPSA) is 46.5 Å². The van der Waals surface area contributed by atoms with Crippen LogP contribution in [0, 0.1) is 11.8 Å². The summed E-state index contributed by atoms with van der Waals surface area (Å²) in [6, 6.07) is 13.5. The van der Waals surface area contributed by atoms with Gasteiger partial charge in [-0.1, -0.05) is 35.0 Å². The van der Waals surface area contributed by atoms with Crippen molar-refractivity contribution in [3.8, 4) is 11.5 Å². The minimum absolute atomic E-state index is 0.0604. The Morgan fingerprint density at radius 2 is 1.88 bits per heavy atom. The van der Waals surface area contributed by atoms with Crippen molar-refractivity contribution in [3.63, 3.8) is 0 Å². The molecular formula is C22H21BrO3. The van der Waals surface area contributed by atoms with Gasteiger partial charge in [0.2, 0.25) is 0 Å². The van der Waals surface area contributed by atoms with Crippen LogP contribution in [0.3, 0.4) is 0 Å². The molecule has 26 heavy (non-hydrogen) atoms. The molecule has 2 atom stereocenters. The lowest BCUT2D eigenvalue weighted by Gasteiger charge is -2.23. The maximum absolute atomic E-state index is 12.9. The van der Waals surface area contributed by atoms with Gasteiger partial charge in [0.15, 0.2) is 5.78 Å². The van der Waals surface area contributed by atoms with Gasteiger partial charge in [0.25, 0.3) is 0 Å². The zero-order valence-corrected chi connectivity index (χ0v) is 16.3. The molecule has 0 radical (unpaired) electrons. The third-order valence-electron chi connectivity index (χ3n) is 5.46. The number of halogens is 1. The van der Waals surface area contributed by atoms with Crippen LogP contribution in [0.1, 0.15) is 37.3 Å². The van der Waals surface area contributed by atoms with Gasteiger partial charge in [0.05, 0.1) is 5.57 Å². The van der Waals surface area contributed by atoms with Crippen LogP contribution in [-0.2, 0) is 11.2 Å². The summed E-state index contributed by atoms with van der Waals surface area (Å²) in [6.07, 6.45) is 3.38. The van der Waals surface area contributed by atoms with Crippen molar-refractivity contribution in [3.05, 3.63) is 63.8 Å². The number of ketones is 1. The van der Waals surface area contributed by atoms with Gasteiger partial charge in [-0.2, -0.15) is 0 Å². The number of carbonyl (C=O) groups is 1. The SMILES string of the molecule is CCc1ccc(Oc2cccc(Br)c2)cc1C1=C(O)[C@H]2CC[C@H](C2)C1=O. The Balaban J connectivity index is 1.76. The van der Waals surface area contributed by atoms with Gasteiger partial charge in [-0.3, -0.25) is 4.79 Å². The van der Waals surface area contributed by atoms with Gasteiger partial charge in [-0.25, -0.2) is 0 Å². The Bertz CT molecular complexity index is 900. The van der Waals surface area contributed by atoms with E-state index in [1.54, 1.807) is 0 Å². The lowest BCUT2D eigenvalue weighted by molar-refractivity contribution is -0.117. The average molecular weight is 413 g/mol. The van der Waals surface area contributed by atoms with Crippen molar-refractivity contribution >= 4 is 27.3 Å². The number of rotatable bonds is 4. The zero-order chi connectivity index (χ0) is 18.3. The Kier molecular flexibility index (Phi) is 4.62. The predicted molar refractivity (Wildman–Crippen MR) is 105 cm³/mol. The van der Waals surface area contributed by atoms with E-state index in [1.165, 1.54) is 0 Å². The smallest absolute Gasteiger partial charge is 0.169 e. The van der Waals surface area contributed by atoms with Crippen molar-refractivity contribution in [1.29, 1.82) is 0 Å². The average Bonchev–Trinajstić information content (AvgIpc) is 3.08. The summed E-state index contributed by atoms with van der Waals surface area (Å²) < 4.78 is 6.93. The van der Waals surface area contributed by atoms with E-state index < -0.39 is 0 Å². The highest BCUT2D eigenvalue weighted by Crippen LogP contribution is 2.46. The van der Waals surface area contributed by atoms with Crippen molar-refractivity contribution < 1.29 is 14.6 Å². The normalized spacial score (nSPS) is 22.0. The van der Waals surface area contributed by atoms with Crippen LogP contribution in [0.25, 0.3) is 5.57 Å². The molecule has 0 saturated heterocycles. The molecule has 4 heteroatoms. The molecule has 1 saturated carbocycles. The van der Waals surface area contributed by atoms with Crippen molar-refractivity contribution in [1.82, 2.24) is 0 Å². The summed E-state index contributed by atoms with van der Waals surface area (Å²) >= 11 is 3.45. The van der Waals surface area contributed by atoms with Gasteiger partial charge in [-0.05, 0) is 67.1 Å². The quantitative estimate of drug-likeness (QED) is 0.662. The summed E-state index contributed by atoms with van der Waals surface area (Å²) in [4.78, 5) is 12.9. The fourth-order valence-corrected chi connectivity index (χ4v) is 4.48. The van der Waals surface area contributed by atoms with Gasteiger partial charge >= 0.3 is 0 Å². The highest BCUT2D eigenvalue weighted by atomic mass is 79.9. The van der Waals surface area contributed by atoms with Gasteiger partial charge in [-0.15, -0.1) is 0 Å². The lowest BCUT2D eigenvalue weighted by Crippen LogP contribution is -2.21. The molecule has 0 spiro atoms. The first-order valence-corrected chi connectivity index (χ1v) is 9.90. The summed E-state index contributed by atoms with van der Waals surface area (Å²) in [5, 5.41) is 10.7. The molecule has 0 amide bonds. The molecule has 4 rings (SSSR count). The molecule has 1 N–H and O–H groups in total. The zero-order valence-electron chi connectivity index (χ0n) is 14.7. The number of fused-ring (bicyclic) bond motifs is 2. The standard InChI is InChI=1S/C22H21BrO3/c1-2-13-8-9-18(26-17-5-3-4-16(23)11-17)12-19(13)20-21(24)14-6-7-15(10-14)22(20)25/h3-5,8-9,11-12,14-15,24H,2,6-7,10H2,1H3/t14-,15+/m0/s1. The molecule has 2 aromatic rings. The third kappa shape index (κ3) is 3.07. The van der Waals surface area contributed by atoms with Crippen LogP contribution in [0.5, 0.6) is 11.5 Å². The first-order valence-electron chi connectivity index (χ1n) is 9.11. The second kappa shape index (κ2) is 6.92. The Labute approximate surface area is 161 Å². The van der Waals surface area contributed by atoms with Crippen LogP contribution in [0.15, 0.2) is 52.7 Å². The van der Waals surface area contributed by atoms with E-state index in [0.29, 0.717) is 11.3 Å². The number of ether oxygens (including phenoxy) is 1. The Morgan fingerprint density at radius 1 is 1.12 bits per heavy atom. The van der Waals surface area contributed by atoms with E-state index in [-0.39, 0.29) is 23.4 Å². The monoisotopic (exact) mass is 412 g/mol. The van der Waals surface area contributed by atoms with E-state index in [9.17, 15) is 9.90 Å². The highest BCUT2D eigenvalue weighted by Gasteiger charge is 2.41. The predicted octanol–water partition coefficient (Wildman–Crippen LogP) is 6.07. The number of aliphatic hydroxyl groups excluding tert-OH is 1. The summed E-state index contributed by atoms with van der Waals surface area (Å²) in [7, 11) is 0. The molecule has 0 aromatic heterocycles. The van der Waals surface area contributed by atoms with E-state index >= 15 is 0 Å². The summed E-state index contributed by atoms with van der Waals surface area (Å²) in [5.74, 6) is 1.95. The van der Waals surface area contributed by atoms with Crippen molar-refractivity contribution in [2.45, 2.75) is 32.6 Å². The summed E-state index contributed by atoms with van der Waals surface area (Å²) in [5.41, 5.74) is 2.39. The number of hydrogen-bond acceptors (Lipinski definition) is 3. The highest BCUT2D eigenvalue weighted by molar-refractivity contribution is 9.10. The minimum atomic E-state index is 0.0604. The van der Waals surface area contributed by atoms with Crippen LogP contribution >= 0.6 is 15.9 Å². The number of benzene rings is 2. The lowest BCUT2D eigenvalue weighted by atomic mass is 9.81. The molecule has 2 aromatic carbocycles. The summed E-state index contributed by atoms with van der Waals surface area (Å²) in [6.45, 7) is 2.06. The third-order valence-corrected chi connectivity index (χ3v) is 5.95. The molecule has 1 fully saturated rings. The number of allylic oxidation sites excluding steroid dienone is 2. The number of aliphatic hydroxyl groups is 1. The van der Waals surface area contributed by atoms with Crippen LogP contribution in [-0.4, -0.2) is 10.9 Å². The van der Waals surface area contributed by atoms with E-state index in [2.05, 4.69) is 22.9 Å². The molecule has 134 valence electrons. The fraction of sp³-hybridized carbons (Fsp3) is 0.318. The Hall–Kier alpha value is -2.07. The van der Waals surface area contributed by atoms with E-state index in [0.717, 1.165) is 47.0 Å². The minimum Gasteiger partial charge on any atom is -0.511 e. The maximum atomic E-state index is 12.9. The molecule has 2 aliphatic carbocycles. The van der Waals surface area contributed by atoms with Gasteiger partial charge in [0.1, 0.15) is 17.3 Å². The Morgan fingerprint density at radius 3 is 2.65 bits per heavy atom. The van der Waals surface area contributed by atoms with E-state index in [1.807, 2.05) is 42.5 Å². The number of aryl methyl sites for hydroxylation is 1. The van der Waals surface area contributed by atoms with E-state index in [4.69, 9.17) is 4.74 Å². The molecular weight excluding hydrogens is 392 g/mol. The molecule has 0 heterocycles. The van der Waals surface area contributed by atoms with Crippen LogP contribution in [0.2, 0.25) is 0 Å². The number of Topliss-reactive ketones (excluding diaryl/α,β-unsaturated/α-hetero) is 1.